The minimum absolute atomic E-state index is 0.0730. The molecule has 0 aliphatic rings. The molecule has 0 spiro atoms. The van der Waals surface area contributed by atoms with Gasteiger partial charge in [0.2, 0.25) is 5.89 Å². The topological polar surface area (TPSA) is 74.2 Å². The Bertz CT molecular complexity index is 1200. The number of rotatable bonds is 10. The molecule has 7 heteroatoms. The molecule has 2 heterocycles. The van der Waals surface area contributed by atoms with E-state index in [1.165, 1.54) is 29.3 Å². The zero-order chi connectivity index (χ0) is 23.2. The zero-order valence-electron chi connectivity index (χ0n) is 19.0. The number of fused-ring (bicyclic) bond motifs is 1. The highest BCUT2D eigenvalue weighted by Crippen LogP contribution is 2.19. The Morgan fingerprint density at radius 1 is 1.18 bits per heavy atom. The molecule has 1 atom stereocenters. The van der Waals surface area contributed by atoms with Gasteiger partial charge >= 0.3 is 0 Å². The van der Waals surface area contributed by atoms with Gasteiger partial charge in [0.05, 0.1) is 6.54 Å². The van der Waals surface area contributed by atoms with E-state index >= 15 is 0 Å². The second-order valence-corrected chi connectivity index (χ2v) is 8.36. The number of aromatic amines is 1. The number of hydrogen-bond acceptors (Lipinski definition) is 4. The van der Waals surface area contributed by atoms with Gasteiger partial charge in [-0.1, -0.05) is 37.3 Å². The number of hydrogen-bond donors (Lipinski definition) is 2. The van der Waals surface area contributed by atoms with Gasteiger partial charge in [-0.15, -0.1) is 0 Å². The van der Waals surface area contributed by atoms with Crippen molar-refractivity contribution < 1.29 is 13.6 Å². The lowest BCUT2D eigenvalue weighted by Crippen LogP contribution is -2.32. The van der Waals surface area contributed by atoms with Gasteiger partial charge < -0.3 is 14.7 Å². The van der Waals surface area contributed by atoms with E-state index in [1.807, 2.05) is 32.2 Å². The summed E-state index contributed by atoms with van der Waals surface area (Å²) >= 11 is 0. The van der Waals surface area contributed by atoms with Gasteiger partial charge in [-0.3, -0.25) is 9.69 Å². The van der Waals surface area contributed by atoms with E-state index in [0.29, 0.717) is 19.0 Å². The molecular weight excluding hydrogens is 419 g/mol. The number of oxazole rings is 1. The monoisotopic (exact) mass is 448 g/mol. The van der Waals surface area contributed by atoms with E-state index in [2.05, 4.69) is 32.3 Å². The number of carbonyl (C=O) groups is 1. The molecular formula is C26H29FN4O2. The molecule has 4 aromatic rings. The third-order valence-electron chi connectivity index (χ3n) is 5.82. The number of para-hydroxylation sites is 1. The lowest BCUT2D eigenvalue weighted by molar-refractivity contribution is 0.0934. The third kappa shape index (κ3) is 5.87. The SMILES string of the molecule is CCC(C)NC(=O)c1coc(CN(CCc2c[nH]c3ccccc23)Cc2ccc(F)cc2)n1. The molecule has 0 saturated carbocycles. The number of halogens is 1. The Labute approximate surface area is 192 Å². The standard InChI is InChI=1S/C26H29FN4O2/c1-3-18(2)29-26(32)24-17-33-25(30-24)16-31(15-19-8-10-21(27)11-9-19)13-12-20-14-28-23-7-5-4-6-22(20)23/h4-11,14,17-18,28H,3,12-13,15-16H2,1-2H3,(H,29,32). The maximum Gasteiger partial charge on any atom is 0.273 e. The van der Waals surface area contributed by atoms with E-state index in [9.17, 15) is 9.18 Å². The zero-order valence-corrected chi connectivity index (χ0v) is 19.0. The molecule has 2 aromatic carbocycles. The van der Waals surface area contributed by atoms with Crippen LogP contribution in [0.4, 0.5) is 4.39 Å². The van der Waals surface area contributed by atoms with Crippen LogP contribution in [-0.4, -0.2) is 33.4 Å². The summed E-state index contributed by atoms with van der Waals surface area (Å²) in [6.07, 6.45) is 5.12. The molecule has 0 radical (unpaired) electrons. The van der Waals surface area contributed by atoms with Crippen molar-refractivity contribution in [2.24, 2.45) is 0 Å². The van der Waals surface area contributed by atoms with Crippen LogP contribution in [0.2, 0.25) is 0 Å². The molecule has 0 bridgehead atoms. The number of benzene rings is 2. The van der Waals surface area contributed by atoms with Crippen LogP contribution in [0, 0.1) is 5.82 Å². The van der Waals surface area contributed by atoms with Crippen LogP contribution >= 0.6 is 0 Å². The first-order valence-corrected chi connectivity index (χ1v) is 11.3. The second-order valence-electron chi connectivity index (χ2n) is 8.36. The summed E-state index contributed by atoms with van der Waals surface area (Å²) in [7, 11) is 0. The van der Waals surface area contributed by atoms with Crippen molar-refractivity contribution in [2.75, 3.05) is 6.54 Å². The van der Waals surface area contributed by atoms with Crippen molar-refractivity contribution in [3.05, 3.63) is 89.5 Å². The Balaban J connectivity index is 1.48. The minimum atomic E-state index is -0.256. The van der Waals surface area contributed by atoms with E-state index in [1.54, 1.807) is 12.1 Å². The molecule has 172 valence electrons. The fourth-order valence-corrected chi connectivity index (χ4v) is 3.76. The summed E-state index contributed by atoms with van der Waals surface area (Å²) in [6.45, 7) is 5.76. The van der Waals surface area contributed by atoms with E-state index < -0.39 is 0 Å². The highest BCUT2D eigenvalue weighted by atomic mass is 19.1. The predicted molar refractivity (Wildman–Crippen MR) is 126 cm³/mol. The third-order valence-corrected chi connectivity index (χ3v) is 5.82. The van der Waals surface area contributed by atoms with Crippen LogP contribution in [0.25, 0.3) is 10.9 Å². The smallest absolute Gasteiger partial charge is 0.273 e. The summed E-state index contributed by atoms with van der Waals surface area (Å²) < 4.78 is 19.0. The van der Waals surface area contributed by atoms with Crippen molar-refractivity contribution in [3.8, 4) is 0 Å². The van der Waals surface area contributed by atoms with Gasteiger partial charge in [0.1, 0.15) is 12.1 Å². The van der Waals surface area contributed by atoms with E-state index in [-0.39, 0.29) is 23.5 Å². The Kier molecular flexibility index (Phi) is 7.19. The first kappa shape index (κ1) is 22.7. The summed E-state index contributed by atoms with van der Waals surface area (Å²) in [4.78, 5) is 22.3. The van der Waals surface area contributed by atoms with Crippen molar-refractivity contribution in [3.63, 3.8) is 0 Å². The highest BCUT2D eigenvalue weighted by molar-refractivity contribution is 5.92. The molecule has 2 aromatic heterocycles. The average Bonchev–Trinajstić information content (AvgIpc) is 3.46. The number of nitrogens with zero attached hydrogens (tertiary/aromatic N) is 2. The molecule has 1 amide bonds. The first-order valence-electron chi connectivity index (χ1n) is 11.3. The summed E-state index contributed by atoms with van der Waals surface area (Å²) in [6, 6.07) is 14.8. The van der Waals surface area contributed by atoms with Crippen LogP contribution in [0.1, 0.15) is 47.8 Å². The van der Waals surface area contributed by atoms with Gasteiger partial charge in [-0.2, -0.15) is 0 Å². The second kappa shape index (κ2) is 10.4. The first-order chi connectivity index (χ1) is 16.0. The molecule has 2 N–H and O–H groups in total. The molecule has 33 heavy (non-hydrogen) atoms. The van der Waals surface area contributed by atoms with Gasteiger partial charge in [-0.25, -0.2) is 9.37 Å². The summed E-state index contributed by atoms with van der Waals surface area (Å²) in [5, 5.41) is 4.11. The van der Waals surface area contributed by atoms with E-state index in [0.717, 1.165) is 30.5 Å². The maximum atomic E-state index is 13.4. The molecule has 4 rings (SSSR count). The van der Waals surface area contributed by atoms with Crippen molar-refractivity contribution in [1.29, 1.82) is 0 Å². The molecule has 0 fully saturated rings. The predicted octanol–water partition coefficient (Wildman–Crippen LogP) is 5.07. The number of H-pyrrole nitrogens is 1. The number of carbonyl (C=O) groups excluding carboxylic acids is 1. The lowest BCUT2D eigenvalue weighted by Gasteiger charge is -2.21. The van der Waals surface area contributed by atoms with Gasteiger partial charge in [0.25, 0.3) is 5.91 Å². The Morgan fingerprint density at radius 2 is 1.97 bits per heavy atom. The van der Waals surface area contributed by atoms with Crippen LogP contribution in [0.3, 0.4) is 0 Å². The van der Waals surface area contributed by atoms with Crippen LogP contribution < -0.4 is 5.32 Å². The lowest BCUT2D eigenvalue weighted by atomic mass is 10.1. The normalized spacial score (nSPS) is 12.4. The van der Waals surface area contributed by atoms with Crippen molar-refractivity contribution >= 4 is 16.8 Å². The molecule has 0 aliphatic carbocycles. The van der Waals surface area contributed by atoms with Crippen LogP contribution in [0.15, 0.2) is 65.4 Å². The van der Waals surface area contributed by atoms with Crippen molar-refractivity contribution in [1.82, 2.24) is 20.2 Å². The average molecular weight is 449 g/mol. The van der Waals surface area contributed by atoms with E-state index in [4.69, 9.17) is 4.42 Å². The molecule has 0 saturated heterocycles. The largest absolute Gasteiger partial charge is 0.447 e. The van der Waals surface area contributed by atoms with Gasteiger partial charge in [0, 0.05) is 36.2 Å². The van der Waals surface area contributed by atoms with Crippen LogP contribution in [0.5, 0.6) is 0 Å². The van der Waals surface area contributed by atoms with Gasteiger partial charge in [-0.05, 0) is 49.1 Å². The number of nitrogens with one attached hydrogen (secondary N) is 2. The van der Waals surface area contributed by atoms with Gasteiger partial charge in [0.15, 0.2) is 5.69 Å². The number of aromatic nitrogens is 2. The quantitative estimate of drug-likeness (QED) is 0.355. The fourth-order valence-electron chi connectivity index (χ4n) is 3.76. The minimum Gasteiger partial charge on any atom is -0.447 e. The molecule has 1 unspecified atom stereocenters. The summed E-state index contributed by atoms with van der Waals surface area (Å²) in [5.41, 5.74) is 3.62. The summed E-state index contributed by atoms with van der Waals surface area (Å²) in [5.74, 6) is -0.0117. The van der Waals surface area contributed by atoms with Crippen LogP contribution in [-0.2, 0) is 19.5 Å². The highest BCUT2D eigenvalue weighted by Gasteiger charge is 2.17. The number of amides is 1. The maximum absolute atomic E-state index is 13.4. The Hall–Kier alpha value is -3.45. The molecule has 0 aliphatic heterocycles. The fraction of sp³-hybridized carbons (Fsp3) is 0.308. The molecule has 6 nitrogen and oxygen atoms in total. The Morgan fingerprint density at radius 3 is 2.76 bits per heavy atom. The van der Waals surface area contributed by atoms with Crippen molar-refractivity contribution in [2.45, 2.75) is 45.8 Å².